The maximum atomic E-state index is 8.87. The molecule has 0 bridgehead atoms. The molecular weight excluding hydrogens is 240 g/mol. The lowest BCUT2D eigenvalue weighted by Crippen LogP contribution is -2.09. The van der Waals surface area contributed by atoms with Gasteiger partial charge in [0.25, 0.3) is 0 Å². The minimum atomic E-state index is 0.0920. The Morgan fingerprint density at radius 3 is 1.38 bits per heavy atom. The molecule has 6 heteroatoms. The van der Waals surface area contributed by atoms with E-state index in [1.54, 1.807) is 0 Å². The van der Waals surface area contributed by atoms with Gasteiger partial charge in [0.05, 0.1) is 0 Å². The van der Waals surface area contributed by atoms with Crippen LogP contribution in [0.15, 0.2) is 8.80 Å². The fraction of sp³-hybridized carbons (Fsp3) is 0.600. The lowest BCUT2D eigenvalue weighted by Gasteiger charge is -1.99. The maximum absolute atomic E-state index is 8.87. The molecule has 0 unspecified atom stereocenters. The van der Waals surface area contributed by atoms with E-state index in [4.69, 9.17) is 10.5 Å². The number of nitrogens with zero attached hydrogens (tertiary/aromatic N) is 4. The van der Waals surface area contributed by atoms with Crippen molar-refractivity contribution in [3.63, 3.8) is 0 Å². The van der Waals surface area contributed by atoms with E-state index in [0.29, 0.717) is 0 Å². The summed E-state index contributed by atoms with van der Waals surface area (Å²) < 4.78 is 7.99. The van der Waals surface area contributed by atoms with Crippen LogP contribution in [-0.2, 0) is 0 Å². The van der Waals surface area contributed by atoms with E-state index in [1.807, 2.05) is 39.8 Å². The zero-order valence-electron chi connectivity index (χ0n) is 9.76. The van der Waals surface area contributed by atoms with E-state index < -0.39 is 0 Å². The van der Waals surface area contributed by atoms with Crippen LogP contribution in [0.5, 0.6) is 0 Å². The van der Waals surface area contributed by atoms with Crippen molar-refractivity contribution in [3.05, 3.63) is 0 Å². The second-order valence-corrected chi connectivity index (χ2v) is 6.08. The number of rotatable bonds is 5. The van der Waals surface area contributed by atoms with Crippen molar-refractivity contribution in [1.29, 1.82) is 10.5 Å². The largest absolute Gasteiger partial charge is 0.202 e. The number of nitriles is 2. The third-order valence-corrected chi connectivity index (χ3v) is 2.56. The SMILES string of the molecule is CC(C)S/N=C(C#N)/C(C#N)=N/SC(C)C. The monoisotopic (exact) mass is 254 g/mol. The first-order valence-corrected chi connectivity index (χ1v) is 6.46. The fourth-order valence-corrected chi connectivity index (χ4v) is 1.44. The Morgan fingerprint density at radius 2 is 1.19 bits per heavy atom. The van der Waals surface area contributed by atoms with Gasteiger partial charge in [-0.2, -0.15) is 10.5 Å². The Hall–Kier alpha value is -0.980. The second kappa shape index (κ2) is 8.20. The highest BCUT2D eigenvalue weighted by atomic mass is 32.2. The Bertz CT molecular complexity index is 322. The zero-order chi connectivity index (χ0) is 12.6. The molecule has 0 aromatic rings. The average molecular weight is 254 g/mol. The quantitative estimate of drug-likeness (QED) is 0.558. The molecule has 0 amide bonds. The molecule has 0 aliphatic rings. The molecule has 0 aliphatic carbocycles. The molecular formula is C10H14N4S2. The van der Waals surface area contributed by atoms with Gasteiger partial charge in [0, 0.05) is 10.5 Å². The summed E-state index contributed by atoms with van der Waals surface area (Å²) in [4.78, 5) is 0. The van der Waals surface area contributed by atoms with E-state index in [2.05, 4.69) is 8.80 Å². The molecule has 0 radical (unpaired) electrons. The standard InChI is InChI=1S/C10H14N4S2/c1-7(2)15-13-9(5-11)10(6-12)14-16-8(3)4/h7-8H,1-4H3/b13-9+,14-10+. The Balaban J connectivity index is 4.79. The summed E-state index contributed by atoms with van der Waals surface area (Å²) in [6, 6.07) is 3.79. The van der Waals surface area contributed by atoms with Gasteiger partial charge in [0.2, 0.25) is 0 Å². The van der Waals surface area contributed by atoms with E-state index >= 15 is 0 Å². The molecule has 0 aliphatic heterocycles. The highest BCUT2D eigenvalue weighted by Gasteiger charge is 2.09. The van der Waals surface area contributed by atoms with Crippen molar-refractivity contribution in [2.24, 2.45) is 8.80 Å². The molecule has 0 spiro atoms. The van der Waals surface area contributed by atoms with Crippen molar-refractivity contribution in [2.75, 3.05) is 0 Å². The van der Waals surface area contributed by atoms with Gasteiger partial charge in [0.1, 0.15) is 12.1 Å². The third-order valence-electron chi connectivity index (χ3n) is 1.15. The van der Waals surface area contributed by atoms with Gasteiger partial charge in [-0.1, -0.05) is 27.7 Å². The highest BCUT2D eigenvalue weighted by molar-refractivity contribution is 7.99. The van der Waals surface area contributed by atoms with Crippen LogP contribution >= 0.6 is 23.9 Å². The molecule has 86 valence electrons. The Kier molecular flexibility index (Phi) is 7.70. The number of hydrogen-bond donors (Lipinski definition) is 0. The summed E-state index contributed by atoms with van der Waals surface area (Å²) >= 11 is 2.53. The van der Waals surface area contributed by atoms with Gasteiger partial charge < -0.3 is 0 Å². The van der Waals surface area contributed by atoms with Crippen molar-refractivity contribution in [2.45, 2.75) is 38.2 Å². The Morgan fingerprint density at radius 1 is 0.875 bits per heavy atom. The summed E-state index contributed by atoms with van der Waals surface area (Å²) in [5.41, 5.74) is 0.184. The van der Waals surface area contributed by atoms with Gasteiger partial charge in [0.15, 0.2) is 11.4 Å². The zero-order valence-corrected chi connectivity index (χ0v) is 11.4. The molecule has 0 saturated carbocycles. The van der Waals surface area contributed by atoms with Gasteiger partial charge in [-0.05, 0) is 23.9 Å². The molecule has 0 N–H and O–H groups in total. The first-order valence-electron chi connectivity index (χ1n) is 4.79. The molecule has 0 fully saturated rings. The fourth-order valence-electron chi connectivity index (χ4n) is 0.549. The summed E-state index contributed by atoms with van der Waals surface area (Å²) in [5, 5.41) is 18.3. The summed E-state index contributed by atoms with van der Waals surface area (Å²) in [7, 11) is 0. The van der Waals surface area contributed by atoms with Crippen LogP contribution in [0.2, 0.25) is 0 Å². The molecule has 0 heterocycles. The third kappa shape index (κ3) is 6.49. The van der Waals surface area contributed by atoms with Crippen LogP contribution in [-0.4, -0.2) is 21.9 Å². The number of hydrogen-bond acceptors (Lipinski definition) is 6. The van der Waals surface area contributed by atoms with Gasteiger partial charge in [-0.3, -0.25) is 0 Å². The lowest BCUT2D eigenvalue weighted by atomic mass is 10.3. The molecule has 0 atom stereocenters. The van der Waals surface area contributed by atoms with E-state index in [0.717, 1.165) is 0 Å². The van der Waals surface area contributed by atoms with Gasteiger partial charge in [-0.25, -0.2) is 8.80 Å². The molecule has 0 aromatic carbocycles. The normalized spacial score (nSPS) is 12.8. The maximum Gasteiger partial charge on any atom is 0.185 e. The molecule has 0 aromatic heterocycles. The predicted octanol–water partition coefficient (Wildman–Crippen LogP) is 3.03. The molecule has 0 rings (SSSR count). The molecule has 16 heavy (non-hydrogen) atoms. The summed E-state index contributed by atoms with van der Waals surface area (Å²) in [5.74, 6) is 0. The van der Waals surface area contributed by atoms with Gasteiger partial charge >= 0.3 is 0 Å². The van der Waals surface area contributed by atoms with Crippen LogP contribution in [0.1, 0.15) is 27.7 Å². The molecule has 0 saturated heterocycles. The van der Waals surface area contributed by atoms with Crippen LogP contribution in [0, 0.1) is 22.7 Å². The first kappa shape index (κ1) is 15.0. The van der Waals surface area contributed by atoms with Crippen molar-refractivity contribution >= 4 is 35.3 Å². The average Bonchev–Trinajstić information content (AvgIpc) is 2.22. The molecule has 4 nitrogen and oxygen atoms in total. The lowest BCUT2D eigenvalue weighted by molar-refractivity contribution is 1.11. The first-order chi connectivity index (χ1) is 7.51. The van der Waals surface area contributed by atoms with E-state index in [-0.39, 0.29) is 21.9 Å². The smallest absolute Gasteiger partial charge is 0.185 e. The van der Waals surface area contributed by atoms with Crippen LogP contribution in [0.3, 0.4) is 0 Å². The second-order valence-electron chi connectivity index (χ2n) is 3.41. The van der Waals surface area contributed by atoms with Crippen molar-refractivity contribution < 1.29 is 0 Å². The summed E-state index contributed by atoms with van der Waals surface area (Å²) in [6.07, 6.45) is 0. The summed E-state index contributed by atoms with van der Waals surface area (Å²) in [6.45, 7) is 7.87. The predicted molar refractivity (Wildman–Crippen MR) is 71.6 cm³/mol. The van der Waals surface area contributed by atoms with Crippen LogP contribution in [0.25, 0.3) is 0 Å². The van der Waals surface area contributed by atoms with Crippen LogP contribution < -0.4 is 0 Å². The minimum Gasteiger partial charge on any atom is -0.202 e. The van der Waals surface area contributed by atoms with Crippen LogP contribution in [0.4, 0.5) is 0 Å². The topological polar surface area (TPSA) is 72.3 Å². The minimum absolute atomic E-state index is 0.0920. The van der Waals surface area contributed by atoms with Crippen molar-refractivity contribution in [1.82, 2.24) is 0 Å². The van der Waals surface area contributed by atoms with E-state index in [1.165, 1.54) is 23.9 Å². The van der Waals surface area contributed by atoms with Gasteiger partial charge in [-0.15, -0.1) is 0 Å². The highest BCUT2D eigenvalue weighted by Crippen LogP contribution is 2.14. The van der Waals surface area contributed by atoms with E-state index in [9.17, 15) is 0 Å². The van der Waals surface area contributed by atoms with Crippen molar-refractivity contribution in [3.8, 4) is 12.1 Å². The Labute approximate surface area is 105 Å².